The number of carbonyl (C=O) groups excluding carboxylic acids is 2. The van der Waals surface area contributed by atoms with Crippen LogP contribution in [0.4, 0.5) is 10.1 Å². The summed E-state index contributed by atoms with van der Waals surface area (Å²) in [6.45, 7) is 6.68. The fraction of sp³-hybridized carbons (Fsp3) is 0.600. The highest BCUT2D eigenvalue weighted by Gasteiger charge is 2.64. The second-order valence-corrected chi connectivity index (χ2v) is 8.00. The molecule has 0 aromatic heterocycles. The summed E-state index contributed by atoms with van der Waals surface area (Å²) < 4.78 is 19.7. The van der Waals surface area contributed by atoms with Gasteiger partial charge in [0.2, 0.25) is 11.8 Å². The number of carbonyl (C=O) groups is 2. The zero-order valence-corrected chi connectivity index (χ0v) is 17.6. The Kier molecular flexibility index (Phi) is 6.43. The van der Waals surface area contributed by atoms with E-state index >= 15 is 0 Å². The number of para-hydroxylation sites is 1. The molecule has 0 bridgehead atoms. The first kappa shape index (κ1) is 22.6. The van der Waals surface area contributed by atoms with Gasteiger partial charge in [0.1, 0.15) is 17.4 Å². The topological polar surface area (TPSA) is 75.9 Å². The number of hydrogen-bond donors (Lipinski definition) is 1. The molecular weight excluding hydrogens is 385 g/mol. The zero-order chi connectivity index (χ0) is 20.0. The van der Waals surface area contributed by atoms with E-state index in [1.807, 2.05) is 20.8 Å². The highest BCUT2D eigenvalue weighted by molar-refractivity contribution is 6.02. The summed E-state index contributed by atoms with van der Waals surface area (Å²) in [6.07, 6.45) is 0.787. The molecule has 156 valence electrons. The number of nitrogens with zero attached hydrogens (tertiary/aromatic N) is 2. The molecule has 2 N–H and O–H groups in total. The SMILES string of the molecule is CCOC1CC(N)(C(=O)N(C)C2CCN(c3ccccc3F)C2=O)C1(C)C.Cl. The summed E-state index contributed by atoms with van der Waals surface area (Å²) in [5.74, 6) is -0.995. The quantitative estimate of drug-likeness (QED) is 0.803. The lowest BCUT2D eigenvalue weighted by Crippen LogP contribution is -2.76. The Morgan fingerprint density at radius 1 is 1.39 bits per heavy atom. The predicted octanol–water partition coefficient (Wildman–Crippen LogP) is 2.34. The van der Waals surface area contributed by atoms with Gasteiger partial charge >= 0.3 is 0 Å². The molecule has 6 nitrogen and oxygen atoms in total. The molecule has 1 aliphatic carbocycles. The van der Waals surface area contributed by atoms with Gasteiger partial charge < -0.3 is 20.3 Å². The molecule has 2 amide bonds. The second-order valence-electron chi connectivity index (χ2n) is 8.00. The van der Waals surface area contributed by atoms with Crippen molar-refractivity contribution in [2.45, 2.75) is 51.3 Å². The number of hydrogen-bond acceptors (Lipinski definition) is 4. The van der Waals surface area contributed by atoms with E-state index < -0.39 is 22.8 Å². The van der Waals surface area contributed by atoms with Gasteiger partial charge in [-0.25, -0.2) is 4.39 Å². The maximum Gasteiger partial charge on any atom is 0.249 e. The van der Waals surface area contributed by atoms with E-state index in [1.165, 1.54) is 15.9 Å². The second kappa shape index (κ2) is 7.97. The van der Waals surface area contributed by atoms with Gasteiger partial charge in [0, 0.05) is 32.0 Å². The van der Waals surface area contributed by atoms with Crippen LogP contribution < -0.4 is 10.6 Å². The fourth-order valence-corrected chi connectivity index (χ4v) is 4.19. The molecule has 3 rings (SSSR count). The first-order valence-electron chi connectivity index (χ1n) is 9.38. The molecular formula is C20H29ClFN3O3. The monoisotopic (exact) mass is 413 g/mol. The summed E-state index contributed by atoms with van der Waals surface area (Å²) in [7, 11) is 1.61. The third-order valence-corrected chi connectivity index (χ3v) is 6.32. The largest absolute Gasteiger partial charge is 0.378 e. The molecule has 28 heavy (non-hydrogen) atoms. The molecule has 1 aromatic rings. The maximum atomic E-state index is 14.1. The van der Waals surface area contributed by atoms with Gasteiger partial charge in [0.15, 0.2) is 0 Å². The van der Waals surface area contributed by atoms with Crippen molar-refractivity contribution in [2.24, 2.45) is 11.1 Å². The molecule has 1 heterocycles. The van der Waals surface area contributed by atoms with E-state index in [2.05, 4.69) is 0 Å². The minimum Gasteiger partial charge on any atom is -0.378 e. The van der Waals surface area contributed by atoms with Crippen LogP contribution in [0.15, 0.2) is 24.3 Å². The van der Waals surface area contributed by atoms with E-state index in [0.717, 1.165) is 0 Å². The molecule has 2 aliphatic rings. The van der Waals surface area contributed by atoms with Crippen LogP contribution in [0.2, 0.25) is 0 Å². The summed E-state index contributed by atoms with van der Waals surface area (Å²) in [5, 5.41) is 0. The molecule has 1 saturated carbocycles. The molecule has 0 radical (unpaired) electrons. The summed E-state index contributed by atoms with van der Waals surface area (Å²) in [5.41, 5.74) is 5.11. The first-order valence-corrected chi connectivity index (χ1v) is 9.38. The number of ether oxygens (including phenoxy) is 1. The molecule has 3 atom stereocenters. The minimum absolute atomic E-state index is 0. The Labute approximate surface area is 171 Å². The van der Waals surface area contributed by atoms with Gasteiger partial charge in [-0.3, -0.25) is 9.59 Å². The molecule has 1 saturated heterocycles. The van der Waals surface area contributed by atoms with Crippen LogP contribution in [0.5, 0.6) is 0 Å². The van der Waals surface area contributed by atoms with E-state index in [0.29, 0.717) is 26.0 Å². The number of nitrogens with two attached hydrogens (primary N) is 1. The molecule has 2 fully saturated rings. The number of benzene rings is 1. The maximum absolute atomic E-state index is 14.1. The van der Waals surface area contributed by atoms with Crippen LogP contribution in [-0.2, 0) is 14.3 Å². The lowest BCUT2D eigenvalue weighted by Gasteiger charge is -2.58. The van der Waals surface area contributed by atoms with Gasteiger partial charge in [0.05, 0.1) is 11.8 Å². The van der Waals surface area contributed by atoms with Crippen molar-refractivity contribution in [3.05, 3.63) is 30.1 Å². The number of halogens is 2. The van der Waals surface area contributed by atoms with Crippen molar-refractivity contribution in [3.63, 3.8) is 0 Å². The number of likely N-dealkylation sites (N-methyl/N-ethyl adjacent to an activating group) is 1. The van der Waals surface area contributed by atoms with E-state index in [1.54, 1.807) is 25.2 Å². The summed E-state index contributed by atoms with van der Waals surface area (Å²) in [6, 6.07) is 5.53. The predicted molar refractivity (Wildman–Crippen MR) is 108 cm³/mol. The van der Waals surface area contributed by atoms with Crippen LogP contribution in [0, 0.1) is 11.2 Å². The third kappa shape index (κ3) is 3.29. The van der Waals surface area contributed by atoms with Gasteiger partial charge in [-0.1, -0.05) is 26.0 Å². The highest BCUT2D eigenvalue weighted by atomic mass is 35.5. The standard InChI is InChI=1S/C20H28FN3O3.ClH/c1-5-27-16-12-20(22,19(16,2)3)18(26)23(4)15-10-11-24(17(15)25)14-9-7-6-8-13(14)21;/h6-9,15-16H,5,10-12,22H2,1-4H3;1H. The van der Waals surface area contributed by atoms with Crippen molar-refractivity contribution in [1.82, 2.24) is 4.90 Å². The number of rotatable bonds is 5. The van der Waals surface area contributed by atoms with Crippen molar-refractivity contribution in [2.75, 3.05) is 25.1 Å². The highest BCUT2D eigenvalue weighted by Crippen LogP contribution is 2.50. The van der Waals surface area contributed by atoms with Crippen molar-refractivity contribution >= 4 is 29.9 Å². The van der Waals surface area contributed by atoms with E-state index in [9.17, 15) is 14.0 Å². The average Bonchev–Trinajstić information content (AvgIpc) is 3.01. The van der Waals surface area contributed by atoms with Crippen molar-refractivity contribution < 1.29 is 18.7 Å². The Bertz CT molecular complexity index is 760. The summed E-state index contributed by atoms with van der Waals surface area (Å²) >= 11 is 0. The molecule has 3 unspecified atom stereocenters. The normalized spacial score (nSPS) is 28.5. The molecule has 1 aliphatic heterocycles. The molecule has 8 heteroatoms. The lowest BCUT2D eigenvalue weighted by molar-refractivity contribution is -0.180. The number of amides is 2. The third-order valence-electron chi connectivity index (χ3n) is 6.32. The van der Waals surface area contributed by atoms with Crippen LogP contribution in [0.25, 0.3) is 0 Å². The van der Waals surface area contributed by atoms with Gasteiger partial charge in [-0.05, 0) is 25.5 Å². The van der Waals surface area contributed by atoms with E-state index in [4.69, 9.17) is 10.5 Å². The van der Waals surface area contributed by atoms with Gasteiger partial charge in [-0.2, -0.15) is 0 Å². The van der Waals surface area contributed by atoms with Gasteiger partial charge in [-0.15, -0.1) is 12.4 Å². The average molecular weight is 414 g/mol. The Hall–Kier alpha value is -1.70. The fourth-order valence-electron chi connectivity index (χ4n) is 4.19. The smallest absolute Gasteiger partial charge is 0.249 e. The number of anilines is 1. The summed E-state index contributed by atoms with van der Waals surface area (Å²) in [4.78, 5) is 28.9. The van der Waals surface area contributed by atoms with Crippen LogP contribution in [0.3, 0.4) is 0 Å². The first-order chi connectivity index (χ1) is 12.6. The zero-order valence-electron chi connectivity index (χ0n) is 16.8. The molecule has 1 aromatic carbocycles. The van der Waals surface area contributed by atoms with Gasteiger partial charge in [0.25, 0.3) is 0 Å². The van der Waals surface area contributed by atoms with Crippen LogP contribution in [-0.4, -0.2) is 54.6 Å². The minimum atomic E-state index is -1.08. The lowest BCUT2D eigenvalue weighted by atomic mass is 9.54. The Balaban J connectivity index is 0.00000280. The Morgan fingerprint density at radius 3 is 2.61 bits per heavy atom. The van der Waals surface area contributed by atoms with Crippen LogP contribution in [0.1, 0.15) is 33.6 Å². The van der Waals surface area contributed by atoms with Crippen molar-refractivity contribution in [1.29, 1.82) is 0 Å². The van der Waals surface area contributed by atoms with Crippen LogP contribution >= 0.6 is 12.4 Å². The van der Waals surface area contributed by atoms with E-state index in [-0.39, 0.29) is 36.0 Å². The van der Waals surface area contributed by atoms with Crippen molar-refractivity contribution in [3.8, 4) is 0 Å². The Morgan fingerprint density at radius 2 is 2.04 bits per heavy atom. The molecule has 0 spiro atoms.